The molecule has 0 bridgehead atoms. The number of anilines is 1. The van der Waals surface area contributed by atoms with Crippen molar-refractivity contribution in [1.82, 2.24) is 4.98 Å². The van der Waals surface area contributed by atoms with E-state index in [0.717, 1.165) is 31.6 Å². The molecule has 4 N–H and O–H groups in total. The number of pyridine rings is 1. The van der Waals surface area contributed by atoms with E-state index in [2.05, 4.69) is 15.0 Å². The topological polar surface area (TPSA) is 95.0 Å². The summed E-state index contributed by atoms with van der Waals surface area (Å²) in [6.45, 7) is 1.05. The molecule has 1 aliphatic rings. The Morgan fingerprint density at radius 3 is 2.89 bits per heavy atom. The third kappa shape index (κ3) is 3.14. The fourth-order valence-electron chi connectivity index (χ4n) is 2.43. The standard InChI is InChI=1S/C13H20N4O2/c14-13(16-19)10-5-6-12(15-8-10)17-7-3-1-2-4-11(17)9-18/h5-6,8,11,18-19H,1-4,7,9H2,(H2,14,16). The van der Waals surface area contributed by atoms with E-state index in [-0.39, 0.29) is 18.5 Å². The molecule has 1 aliphatic heterocycles. The minimum Gasteiger partial charge on any atom is -0.409 e. The Kier molecular flexibility index (Phi) is 4.57. The average Bonchev–Trinajstić information content (AvgIpc) is 2.71. The summed E-state index contributed by atoms with van der Waals surface area (Å²) in [6.07, 6.45) is 6.02. The molecule has 1 unspecified atom stereocenters. The van der Waals surface area contributed by atoms with Crippen LogP contribution >= 0.6 is 0 Å². The van der Waals surface area contributed by atoms with Crippen LogP contribution < -0.4 is 10.6 Å². The van der Waals surface area contributed by atoms with Crippen LogP contribution in [0.5, 0.6) is 0 Å². The lowest BCUT2D eigenvalue weighted by molar-refractivity contribution is 0.254. The second-order valence-electron chi connectivity index (χ2n) is 4.77. The van der Waals surface area contributed by atoms with Crippen molar-refractivity contribution in [1.29, 1.82) is 0 Å². The van der Waals surface area contributed by atoms with Crippen molar-refractivity contribution in [3.05, 3.63) is 23.9 Å². The van der Waals surface area contributed by atoms with E-state index in [1.807, 2.05) is 6.07 Å². The number of hydrogen-bond donors (Lipinski definition) is 3. The Morgan fingerprint density at radius 2 is 2.26 bits per heavy atom. The van der Waals surface area contributed by atoms with Crippen molar-refractivity contribution >= 4 is 11.7 Å². The fourth-order valence-corrected chi connectivity index (χ4v) is 2.43. The van der Waals surface area contributed by atoms with Crippen LogP contribution in [0.1, 0.15) is 31.2 Å². The number of nitrogens with two attached hydrogens (primary N) is 1. The van der Waals surface area contributed by atoms with Crippen molar-refractivity contribution in [2.45, 2.75) is 31.7 Å². The van der Waals surface area contributed by atoms with Crippen LogP contribution in [-0.2, 0) is 0 Å². The Balaban J connectivity index is 2.19. The average molecular weight is 264 g/mol. The summed E-state index contributed by atoms with van der Waals surface area (Å²) in [5.74, 6) is 0.879. The Morgan fingerprint density at radius 1 is 1.42 bits per heavy atom. The molecule has 1 fully saturated rings. The lowest BCUT2D eigenvalue weighted by Gasteiger charge is -2.29. The molecule has 6 heteroatoms. The van der Waals surface area contributed by atoms with E-state index in [1.54, 1.807) is 12.3 Å². The molecule has 6 nitrogen and oxygen atoms in total. The van der Waals surface area contributed by atoms with Gasteiger partial charge in [-0.25, -0.2) is 4.98 Å². The summed E-state index contributed by atoms with van der Waals surface area (Å²) in [5, 5.41) is 21.1. The van der Waals surface area contributed by atoms with Crippen molar-refractivity contribution in [3.8, 4) is 0 Å². The molecule has 0 aromatic carbocycles. The number of amidine groups is 1. The second-order valence-corrected chi connectivity index (χ2v) is 4.77. The molecule has 0 spiro atoms. The normalized spacial score (nSPS) is 21.2. The van der Waals surface area contributed by atoms with Gasteiger partial charge in [0, 0.05) is 18.3 Å². The van der Waals surface area contributed by atoms with Crippen molar-refractivity contribution < 1.29 is 10.3 Å². The largest absolute Gasteiger partial charge is 0.409 e. The van der Waals surface area contributed by atoms with Crippen molar-refractivity contribution in [2.24, 2.45) is 10.9 Å². The summed E-state index contributed by atoms with van der Waals surface area (Å²) in [4.78, 5) is 6.50. The van der Waals surface area contributed by atoms with Gasteiger partial charge in [-0.3, -0.25) is 0 Å². The Bertz CT molecular complexity index is 433. The molecule has 0 amide bonds. The summed E-state index contributed by atoms with van der Waals surface area (Å²) in [5.41, 5.74) is 6.09. The molecule has 1 aromatic heterocycles. The SMILES string of the molecule is N/C(=N/O)c1ccc(N2CCCCCC2CO)nc1. The van der Waals surface area contributed by atoms with Crippen LogP contribution in [0.25, 0.3) is 0 Å². The minimum absolute atomic E-state index is 0.0497. The molecular weight excluding hydrogens is 244 g/mol. The molecule has 0 aliphatic carbocycles. The number of oxime groups is 1. The van der Waals surface area contributed by atoms with E-state index in [0.29, 0.717) is 5.56 Å². The predicted octanol–water partition coefficient (Wildman–Crippen LogP) is 0.917. The first-order chi connectivity index (χ1) is 9.26. The maximum atomic E-state index is 9.49. The van der Waals surface area contributed by atoms with E-state index in [9.17, 15) is 5.11 Å². The first kappa shape index (κ1) is 13.6. The number of aliphatic hydroxyl groups is 1. The fraction of sp³-hybridized carbons (Fsp3) is 0.538. The maximum Gasteiger partial charge on any atom is 0.171 e. The van der Waals surface area contributed by atoms with Crippen molar-refractivity contribution in [2.75, 3.05) is 18.1 Å². The van der Waals surface area contributed by atoms with Crippen molar-refractivity contribution in [3.63, 3.8) is 0 Å². The summed E-state index contributed by atoms with van der Waals surface area (Å²) >= 11 is 0. The van der Waals surface area contributed by atoms with Crippen LogP contribution in [0.4, 0.5) is 5.82 Å². The number of aliphatic hydroxyl groups excluding tert-OH is 1. The number of aromatic nitrogens is 1. The lowest BCUT2D eigenvalue weighted by Crippen LogP contribution is -2.38. The molecule has 1 aromatic rings. The third-order valence-corrected chi connectivity index (χ3v) is 3.53. The molecule has 2 rings (SSSR count). The Labute approximate surface area is 112 Å². The highest BCUT2D eigenvalue weighted by atomic mass is 16.4. The highest BCUT2D eigenvalue weighted by Gasteiger charge is 2.21. The maximum absolute atomic E-state index is 9.49. The number of nitrogens with zero attached hydrogens (tertiary/aromatic N) is 3. The number of rotatable bonds is 3. The van der Waals surface area contributed by atoms with Gasteiger partial charge < -0.3 is 20.9 Å². The minimum atomic E-state index is 0.0497. The van der Waals surface area contributed by atoms with Gasteiger partial charge in [-0.15, -0.1) is 0 Å². The van der Waals surface area contributed by atoms with Crippen LogP contribution in [0, 0.1) is 0 Å². The molecule has 104 valence electrons. The molecule has 0 radical (unpaired) electrons. The van der Waals surface area contributed by atoms with E-state index >= 15 is 0 Å². The van der Waals surface area contributed by atoms with Gasteiger partial charge in [0.1, 0.15) is 5.82 Å². The first-order valence-corrected chi connectivity index (χ1v) is 6.57. The molecule has 1 atom stereocenters. The van der Waals surface area contributed by atoms with Gasteiger partial charge in [0.25, 0.3) is 0 Å². The van der Waals surface area contributed by atoms with Gasteiger partial charge >= 0.3 is 0 Å². The van der Waals surface area contributed by atoms with Gasteiger partial charge in [-0.1, -0.05) is 18.0 Å². The van der Waals surface area contributed by atoms with Crippen LogP contribution in [0.2, 0.25) is 0 Å². The molecular formula is C13H20N4O2. The van der Waals surface area contributed by atoms with Crippen LogP contribution in [0.3, 0.4) is 0 Å². The van der Waals surface area contributed by atoms with E-state index < -0.39 is 0 Å². The summed E-state index contributed by atoms with van der Waals surface area (Å²) < 4.78 is 0. The van der Waals surface area contributed by atoms with E-state index in [4.69, 9.17) is 10.9 Å². The lowest BCUT2D eigenvalue weighted by atomic mass is 10.1. The van der Waals surface area contributed by atoms with Gasteiger partial charge in [-0.2, -0.15) is 0 Å². The highest BCUT2D eigenvalue weighted by molar-refractivity contribution is 5.96. The summed E-state index contributed by atoms with van der Waals surface area (Å²) in [7, 11) is 0. The first-order valence-electron chi connectivity index (χ1n) is 6.57. The van der Waals surface area contributed by atoms with Crippen LogP contribution in [-0.4, -0.2) is 40.3 Å². The summed E-state index contributed by atoms with van der Waals surface area (Å²) in [6, 6.07) is 3.75. The zero-order valence-electron chi connectivity index (χ0n) is 10.9. The quantitative estimate of drug-likeness (QED) is 0.326. The molecule has 0 saturated carbocycles. The third-order valence-electron chi connectivity index (χ3n) is 3.53. The van der Waals surface area contributed by atoms with E-state index in [1.165, 1.54) is 6.42 Å². The molecule has 2 heterocycles. The zero-order valence-corrected chi connectivity index (χ0v) is 10.9. The van der Waals surface area contributed by atoms with Gasteiger partial charge in [0.05, 0.1) is 12.6 Å². The smallest absolute Gasteiger partial charge is 0.171 e. The molecule has 1 saturated heterocycles. The van der Waals surface area contributed by atoms with Gasteiger partial charge in [0.15, 0.2) is 5.84 Å². The highest BCUT2D eigenvalue weighted by Crippen LogP contribution is 2.22. The zero-order chi connectivity index (χ0) is 13.7. The monoisotopic (exact) mass is 264 g/mol. The number of hydrogen-bond acceptors (Lipinski definition) is 5. The predicted molar refractivity (Wildman–Crippen MR) is 73.4 cm³/mol. The van der Waals surface area contributed by atoms with Crippen LogP contribution in [0.15, 0.2) is 23.5 Å². The molecule has 19 heavy (non-hydrogen) atoms. The van der Waals surface area contributed by atoms with Gasteiger partial charge in [-0.05, 0) is 25.0 Å². The van der Waals surface area contributed by atoms with Gasteiger partial charge in [0.2, 0.25) is 0 Å². The Hall–Kier alpha value is -1.82. The second kappa shape index (κ2) is 6.38.